The first-order valence-electron chi connectivity index (χ1n) is 8.38. The van der Waals surface area contributed by atoms with Gasteiger partial charge in [0.2, 0.25) is 0 Å². The van der Waals surface area contributed by atoms with Crippen molar-refractivity contribution in [2.45, 2.75) is 13.5 Å². The van der Waals surface area contributed by atoms with Crippen LogP contribution in [0.5, 0.6) is 11.5 Å². The summed E-state index contributed by atoms with van der Waals surface area (Å²) in [4.78, 5) is 0. The van der Waals surface area contributed by atoms with E-state index in [1.165, 1.54) is 0 Å². The van der Waals surface area contributed by atoms with E-state index < -0.39 is 0 Å². The molecule has 0 bridgehead atoms. The molecular weight excluding hydrogens is 362 g/mol. The van der Waals surface area contributed by atoms with Crippen molar-refractivity contribution in [3.05, 3.63) is 59.9 Å². The van der Waals surface area contributed by atoms with Crippen LogP contribution >= 0.6 is 12.2 Å². The van der Waals surface area contributed by atoms with Crippen LogP contribution in [0, 0.1) is 0 Å². The fourth-order valence-electron chi connectivity index (χ4n) is 2.53. The fraction of sp³-hybridized carbons (Fsp3) is 0.200. The zero-order valence-electron chi connectivity index (χ0n) is 15.4. The number of hydrogen-bond donors (Lipinski definition) is 2. The minimum Gasteiger partial charge on any atom is -0.497 e. The Kier molecular flexibility index (Phi) is 5.93. The molecule has 2 aromatic carbocycles. The van der Waals surface area contributed by atoms with Crippen LogP contribution in [0.2, 0.25) is 0 Å². The third kappa shape index (κ3) is 4.57. The van der Waals surface area contributed by atoms with Crippen LogP contribution in [0.4, 0.5) is 0 Å². The summed E-state index contributed by atoms with van der Waals surface area (Å²) in [5.74, 6) is 2.17. The smallest absolute Gasteiger partial charge is 0.187 e. The predicted octanol–water partition coefficient (Wildman–Crippen LogP) is 3.84. The molecule has 1 heterocycles. The normalized spacial score (nSPS) is 11.3. The van der Waals surface area contributed by atoms with Crippen LogP contribution in [0.1, 0.15) is 18.2 Å². The third-order valence-electron chi connectivity index (χ3n) is 4.02. The van der Waals surface area contributed by atoms with Crippen molar-refractivity contribution in [3.8, 4) is 11.5 Å². The lowest BCUT2D eigenvalue weighted by Crippen LogP contribution is -2.32. The number of hydrazone groups is 1. The second-order valence-electron chi connectivity index (χ2n) is 5.83. The number of furan rings is 1. The highest BCUT2D eigenvalue weighted by molar-refractivity contribution is 7.80. The zero-order chi connectivity index (χ0) is 19.2. The van der Waals surface area contributed by atoms with Crippen molar-refractivity contribution in [2.75, 3.05) is 14.2 Å². The van der Waals surface area contributed by atoms with E-state index in [9.17, 15) is 0 Å². The number of benzene rings is 2. The Balaban J connectivity index is 1.60. The first-order chi connectivity index (χ1) is 13.1. The Hall–Kier alpha value is -3.06. The van der Waals surface area contributed by atoms with Crippen molar-refractivity contribution in [1.82, 2.24) is 10.7 Å². The molecule has 140 valence electrons. The fourth-order valence-corrected chi connectivity index (χ4v) is 2.65. The third-order valence-corrected chi connectivity index (χ3v) is 4.26. The molecule has 0 atom stereocenters. The van der Waals surface area contributed by atoms with Crippen LogP contribution in [-0.4, -0.2) is 25.0 Å². The molecule has 0 aliphatic heterocycles. The number of ether oxygens (including phenoxy) is 2. The van der Waals surface area contributed by atoms with Crippen LogP contribution in [-0.2, 0) is 6.54 Å². The summed E-state index contributed by atoms with van der Waals surface area (Å²) in [5, 5.41) is 8.79. The van der Waals surface area contributed by atoms with Gasteiger partial charge in [-0.05, 0) is 49.0 Å². The van der Waals surface area contributed by atoms with Gasteiger partial charge in [-0.1, -0.05) is 24.3 Å². The van der Waals surface area contributed by atoms with Gasteiger partial charge in [-0.15, -0.1) is 0 Å². The van der Waals surface area contributed by atoms with Gasteiger partial charge in [0.25, 0.3) is 0 Å². The van der Waals surface area contributed by atoms with Crippen LogP contribution in [0.15, 0.2) is 58.0 Å². The lowest BCUT2D eigenvalue weighted by atomic mass is 10.2. The molecular formula is C20H21N3O3S. The number of methoxy groups -OCH3 is 2. The Morgan fingerprint density at radius 1 is 1.11 bits per heavy atom. The van der Waals surface area contributed by atoms with Crippen molar-refractivity contribution in [2.24, 2.45) is 5.10 Å². The molecule has 3 aromatic rings. The monoisotopic (exact) mass is 383 g/mol. The summed E-state index contributed by atoms with van der Waals surface area (Å²) in [6.07, 6.45) is 0. The standard InChI is InChI=1S/C20H21N3O3S/c1-13(18-11-15-5-4-6-17(25-3)19(15)26-18)22-23-20(27)21-12-14-7-9-16(24-2)10-8-14/h4-11H,12H2,1-3H3,(H2,21,23,27)/b22-13-. The van der Waals surface area contributed by atoms with Crippen LogP contribution in [0.25, 0.3) is 11.0 Å². The van der Waals surface area contributed by atoms with E-state index in [-0.39, 0.29) is 0 Å². The summed E-state index contributed by atoms with van der Waals surface area (Å²) < 4.78 is 16.3. The molecule has 0 fully saturated rings. The summed E-state index contributed by atoms with van der Waals surface area (Å²) in [5.41, 5.74) is 5.31. The molecule has 3 rings (SSSR count). The van der Waals surface area contributed by atoms with E-state index in [2.05, 4.69) is 15.8 Å². The van der Waals surface area contributed by atoms with Gasteiger partial charge in [0.15, 0.2) is 22.2 Å². The van der Waals surface area contributed by atoms with Gasteiger partial charge in [-0.3, -0.25) is 5.43 Å². The molecule has 2 N–H and O–H groups in total. The Morgan fingerprint density at radius 3 is 2.59 bits per heavy atom. The maximum absolute atomic E-state index is 5.86. The minimum absolute atomic E-state index is 0.429. The number of thiocarbonyl (C=S) groups is 1. The maximum Gasteiger partial charge on any atom is 0.187 e. The molecule has 6 nitrogen and oxygen atoms in total. The topological polar surface area (TPSA) is 68.0 Å². The molecule has 0 spiro atoms. The first kappa shape index (κ1) is 18.7. The number of nitrogens with zero attached hydrogens (tertiary/aromatic N) is 1. The Bertz CT molecular complexity index is 964. The SMILES string of the molecule is COc1ccc(CNC(=S)N/N=C(/C)c2cc3cccc(OC)c3o2)cc1. The Labute approximate surface area is 163 Å². The van der Waals surface area contributed by atoms with Gasteiger partial charge in [-0.2, -0.15) is 5.10 Å². The predicted molar refractivity (Wildman–Crippen MR) is 111 cm³/mol. The quantitative estimate of drug-likeness (QED) is 0.383. The molecule has 27 heavy (non-hydrogen) atoms. The lowest BCUT2D eigenvalue weighted by molar-refractivity contribution is 0.410. The van der Waals surface area contributed by atoms with Crippen molar-refractivity contribution < 1.29 is 13.9 Å². The molecule has 0 radical (unpaired) electrons. The average molecular weight is 383 g/mol. The van der Waals surface area contributed by atoms with Gasteiger partial charge in [-0.25, -0.2) is 0 Å². The highest BCUT2D eigenvalue weighted by Crippen LogP contribution is 2.28. The minimum atomic E-state index is 0.429. The second-order valence-corrected chi connectivity index (χ2v) is 6.24. The van der Waals surface area contributed by atoms with Gasteiger partial charge in [0.05, 0.1) is 14.2 Å². The number of fused-ring (bicyclic) bond motifs is 1. The van der Waals surface area contributed by atoms with E-state index >= 15 is 0 Å². The van der Waals surface area contributed by atoms with Crippen molar-refractivity contribution >= 4 is 34.0 Å². The summed E-state index contributed by atoms with van der Waals surface area (Å²) in [7, 11) is 3.26. The van der Waals surface area contributed by atoms with Crippen LogP contribution in [0.3, 0.4) is 0 Å². The second kappa shape index (κ2) is 8.55. The average Bonchev–Trinajstić information content (AvgIpc) is 3.15. The highest BCUT2D eigenvalue weighted by atomic mass is 32.1. The summed E-state index contributed by atoms with van der Waals surface area (Å²) in [6.45, 7) is 2.44. The Morgan fingerprint density at radius 2 is 1.89 bits per heavy atom. The van der Waals surface area contributed by atoms with Crippen molar-refractivity contribution in [1.29, 1.82) is 0 Å². The first-order valence-corrected chi connectivity index (χ1v) is 8.79. The molecule has 0 saturated heterocycles. The molecule has 1 aromatic heterocycles. The van der Waals surface area contributed by atoms with Gasteiger partial charge >= 0.3 is 0 Å². The van der Waals surface area contributed by atoms with Gasteiger partial charge in [0.1, 0.15) is 11.5 Å². The largest absolute Gasteiger partial charge is 0.497 e. The number of hydrogen-bond acceptors (Lipinski definition) is 5. The molecule has 0 aliphatic carbocycles. The van der Waals surface area contributed by atoms with Crippen LogP contribution < -0.4 is 20.2 Å². The zero-order valence-corrected chi connectivity index (χ0v) is 16.2. The van der Waals surface area contributed by atoms with Gasteiger partial charge < -0.3 is 19.2 Å². The lowest BCUT2D eigenvalue weighted by Gasteiger charge is -2.08. The number of rotatable bonds is 6. The van der Waals surface area contributed by atoms with E-state index in [1.54, 1.807) is 14.2 Å². The van der Waals surface area contributed by atoms with Crippen molar-refractivity contribution in [3.63, 3.8) is 0 Å². The number of para-hydroxylation sites is 1. The van der Waals surface area contributed by atoms with E-state index in [0.29, 0.717) is 34.5 Å². The highest BCUT2D eigenvalue weighted by Gasteiger charge is 2.10. The molecule has 0 aliphatic rings. The summed E-state index contributed by atoms with van der Waals surface area (Å²) in [6, 6.07) is 15.4. The summed E-state index contributed by atoms with van der Waals surface area (Å²) >= 11 is 5.27. The molecule has 0 saturated carbocycles. The maximum atomic E-state index is 5.86. The van der Waals surface area contributed by atoms with E-state index in [4.69, 9.17) is 26.1 Å². The van der Waals surface area contributed by atoms with Gasteiger partial charge in [0, 0.05) is 11.9 Å². The molecule has 0 amide bonds. The van der Waals surface area contributed by atoms with E-state index in [0.717, 1.165) is 16.7 Å². The molecule has 0 unspecified atom stereocenters. The number of nitrogens with one attached hydrogen (secondary N) is 2. The van der Waals surface area contributed by atoms with E-state index in [1.807, 2.05) is 55.5 Å². The molecule has 7 heteroatoms.